The summed E-state index contributed by atoms with van der Waals surface area (Å²) >= 11 is 0. The lowest BCUT2D eigenvalue weighted by atomic mass is 10.2. The van der Waals surface area contributed by atoms with Gasteiger partial charge in [0.2, 0.25) is 5.95 Å². The Hall–Kier alpha value is -2.77. The molecule has 1 aliphatic rings. The Morgan fingerprint density at radius 3 is 2.18 bits per heavy atom. The van der Waals surface area contributed by atoms with Crippen LogP contribution in [0.1, 0.15) is 5.48 Å². The third-order valence-electron chi connectivity index (χ3n) is 3.27. The van der Waals surface area contributed by atoms with Crippen LogP contribution < -0.4 is 9.80 Å². The first kappa shape index (κ1) is 10.0. The number of nitro groups is 1. The predicted molar refractivity (Wildman–Crippen MR) is 79.5 cm³/mol. The van der Waals surface area contributed by atoms with Crippen LogP contribution in [0.4, 0.5) is 21.7 Å². The van der Waals surface area contributed by atoms with E-state index < -0.39 is 40.6 Å². The van der Waals surface area contributed by atoms with Crippen molar-refractivity contribution in [3.63, 3.8) is 0 Å². The third-order valence-corrected chi connectivity index (χ3v) is 3.27. The summed E-state index contributed by atoms with van der Waals surface area (Å²) in [5.74, 6) is -0.184. The van der Waals surface area contributed by atoms with E-state index >= 15 is 0 Å². The van der Waals surface area contributed by atoms with Gasteiger partial charge in [-0.2, -0.15) is 0 Å². The van der Waals surface area contributed by atoms with E-state index in [1.54, 1.807) is 9.80 Å². The number of nitro benzene ring substituents is 1. The van der Waals surface area contributed by atoms with Gasteiger partial charge in [-0.25, -0.2) is 14.4 Å². The zero-order valence-electron chi connectivity index (χ0n) is 15.4. The average molecular weight is 307 g/mol. The molecule has 22 heavy (non-hydrogen) atoms. The molecule has 7 nitrogen and oxygen atoms in total. The van der Waals surface area contributed by atoms with Gasteiger partial charge in [0, 0.05) is 44.0 Å². The molecule has 1 fully saturated rings. The fourth-order valence-electron chi connectivity index (χ4n) is 2.15. The molecule has 2 heterocycles. The molecule has 114 valence electrons. The monoisotopic (exact) mass is 307 g/mol. The van der Waals surface area contributed by atoms with E-state index in [1.807, 2.05) is 0 Å². The van der Waals surface area contributed by atoms with Crippen molar-refractivity contribution in [1.82, 2.24) is 9.97 Å². The van der Waals surface area contributed by atoms with E-state index in [2.05, 4.69) is 9.97 Å². The molecule has 0 amide bonds. The fourth-order valence-corrected chi connectivity index (χ4v) is 2.15. The van der Waals surface area contributed by atoms with Gasteiger partial charge in [-0.3, -0.25) is 10.1 Å². The maximum absolute atomic E-state index is 12.9. The van der Waals surface area contributed by atoms with Crippen LogP contribution in [-0.2, 0) is 0 Å². The summed E-state index contributed by atoms with van der Waals surface area (Å²) in [6.45, 7) is 1.52. The lowest BCUT2D eigenvalue weighted by molar-refractivity contribution is -0.384. The molecule has 0 saturated carbocycles. The standard InChI is InChI=1S/C14H14FN5O2/c15-11-9-16-14(17-10-11)19-7-5-18(6-8-19)12-1-3-13(4-2-12)20(21)22/h1-4,9-10H,5-8H2/i1D,2D,3D,4D. The van der Waals surface area contributed by atoms with Crippen molar-refractivity contribution >= 4 is 17.3 Å². The first-order valence-electron chi connectivity index (χ1n) is 8.53. The van der Waals surface area contributed by atoms with Crippen LogP contribution in [0.25, 0.3) is 0 Å². The number of hydrogen-bond acceptors (Lipinski definition) is 6. The van der Waals surface area contributed by atoms with Gasteiger partial charge in [0.15, 0.2) is 5.82 Å². The zero-order chi connectivity index (χ0) is 19.0. The summed E-state index contributed by atoms with van der Waals surface area (Å²) < 4.78 is 44.5. The molecule has 0 atom stereocenters. The van der Waals surface area contributed by atoms with Crippen LogP contribution in [0.5, 0.6) is 0 Å². The maximum atomic E-state index is 12.9. The van der Waals surface area contributed by atoms with Crippen molar-refractivity contribution in [3.05, 3.63) is 52.5 Å². The topological polar surface area (TPSA) is 75.4 Å². The van der Waals surface area contributed by atoms with Gasteiger partial charge in [-0.1, -0.05) is 0 Å². The Morgan fingerprint density at radius 1 is 1.09 bits per heavy atom. The molecule has 1 saturated heterocycles. The van der Waals surface area contributed by atoms with E-state index in [-0.39, 0.29) is 5.69 Å². The summed E-state index contributed by atoms with van der Waals surface area (Å²) in [4.78, 5) is 21.3. The van der Waals surface area contributed by atoms with Crippen LogP contribution in [0.3, 0.4) is 0 Å². The Balaban J connectivity index is 1.86. The number of hydrogen-bond donors (Lipinski definition) is 0. The van der Waals surface area contributed by atoms with Gasteiger partial charge in [0.1, 0.15) is 0 Å². The summed E-state index contributed by atoms with van der Waals surface area (Å²) in [6, 6.07) is -2.22. The van der Waals surface area contributed by atoms with Crippen molar-refractivity contribution in [2.75, 3.05) is 36.0 Å². The van der Waals surface area contributed by atoms with Crippen molar-refractivity contribution < 1.29 is 14.8 Å². The molecule has 2 aromatic rings. The average Bonchev–Trinajstić information content (AvgIpc) is 2.61. The Morgan fingerprint density at radius 2 is 1.64 bits per heavy atom. The first-order chi connectivity index (χ1) is 12.3. The number of halogens is 1. The molecule has 3 rings (SSSR count). The van der Waals surface area contributed by atoms with Crippen molar-refractivity contribution in [1.29, 1.82) is 0 Å². The lowest BCUT2D eigenvalue weighted by Gasteiger charge is -2.36. The van der Waals surface area contributed by atoms with Crippen molar-refractivity contribution in [3.8, 4) is 0 Å². The Bertz CT molecular complexity index is 830. The molecule has 0 unspecified atom stereocenters. The zero-order valence-corrected chi connectivity index (χ0v) is 11.4. The largest absolute Gasteiger partial charge is 0.368 e. The van der Waals surface area contributed by atoms with Crippen LogP contribution in [0.15, 0.2) is 36.6 Å². The van der Waals surface area contributed by atoms with Crippen molar-refractivity contribution in [2.45, 2.75) is 0 Å². The minimum atomic E-state index is -0.908. The quantitative estimate of drug-likeness (QED) is 0.636. The number of benzene rings is 1. The highest BCUT2D eigenvalue weighted by atomic mass is 19.1. The van der Waals surface area contributed by atoms with Crippen LogP contribution >= 0.6 is 0 Å². The fraction of sp³-hybridized carbons (Fsp3) is 0.286. The highest BCUT2D eigenvalue weighted by molar-refractivity contribution is 5.52. The van der Waals surface area contributed by atoms with Gasteiger partial charge in [-0.05, 0) is 12.1 Å². The van der Waals surface area contributed by atoms with E-state index in [0.29, 0.717) is 32.1 Å². The van der Waals surface area contributed by atoms with Crippen LogP contribution in [0, 0.1) is 15.9 Å². The molecule has 0 spiro atoms. The van der Waals surface area contributed by atoms with E-state index in [9.17, 15) is 14.5 Å². The number of nitrogens with zero attached hydrogens (tertiary/aromatic N) is 5. The SMILES string of the molecule is [2H]c1c([2H])c([N+](=O)[O-])c([2H])c([2H])c1N1CCN(c2ncc(F)cn2)CC1. The molecule has 0 bridgehead atoms. The van der Waals surface area contributed by atoms with E-state index in [4.69, 9.17) is 5.48 Å². The molecular weight excluding hydrogens is 289 g/mol. The molecule has 1 aliphatic heterocycles. The number of rotatable bonds is 3. The lowest BCUT2D eigenvalue weighted by Crippen LogP contribution is -2.47. The number of aromatic nitrogens is 2. The van der Waals surface area contributed by atoms with Crippen LogP contribution in [-0.4, -0.2) is 41.1 Å². The molecule has 0 N–H and O–H groups in total. The van der Waals surface area contributed by atoms with E-state index in [0.717, 1.165) is 12.4 Å². The second-order valence-corrected chi connectivity index (χ2v) is 4.63. The molecule has 8 heteroatoms. The normalized spacial score (nSPS) is 17.5. The van der Waals surface area contributed by atoms with Gasteiger partial charge < -0.3 is 9.80 Å². The summed E-state index contributed by atoms with van der Waals surface area (Å²) in [6.07, 6.45) is 2.13. The highest BCUT2D eigenvalue weighted by Gasteiger charge is 2.19. The number of piperazine rings is 1. The second-order valence-electron chi connectivity index (χ2n) is 4.63. The first-order valence-corrected chi connectivity index (χ1v) is 6.53. The molecule has 1 aromatic carbocycles. The second kappa shape index (κ2) is 5.92. The number of anilines is 2. The Kier molecular flexibility index (Phi) is 2.70. The smallest absolute Gasteiger partial charge is 0.269 e. The van der Waals surface area contributed by atoms with E-state index in [1.165, 1.54) is 0 Å². The summed E-state index contributed by atoms with van der Waals surface area (Å²) in [5.41, 5.74) is -0.799. The summed E-state index contributed by atoms with van der Waals surface area (Å²) in [5, 5.41) is 11.0. The highest BCUT2D eigenvalue weighted by Crippen LogP contribution is 2.21. The van der Waals surface area contributed by atoms with Gasteiger partial charge in [0.05, 0.1) is 22.8 Å². The van der Waals surface area contributed by atoms with Gasteiger partial charge in [-0.15, -0.1) is 0 Å². The predicted octanol–water partition coefficient (Wildman–Crippen LogP) is 1.85. The van der Waals surface area contributed by atoms with Crippen LogP contribution in [0.2, 0.25) is 0 Å². The van der Waals surface area contributed by atoms with Gasteiger partial charge >= 0.3 is 0 Å². The minimum Gasteiger partial charge on any atom is -0.368 e. The van der Waals surface area contributed by atoms with Gasteiger partial charge in [0.25, 0.3) is 5.69 Å². The molecule has 1 aromatic heterocycles. The summed E-state index contributed by atoms with van der Waals surface area (Å²) in [7, 11) is 0. The minimum absolute atomic E-state index is 0.0327. The molecule has 0 radical (unpaired) electrons. The Labute approximate surface area is 131 Å². The third kappa shape index (κ3) is 2.95. The maximum Gasteiger partial charge on any atom is 0.269 e. The molecular formula is C14H14FN5O2. The van der Waals surface area contributed by atoms with Crippen molar-refractivity contribution in [2.24, 2.45) is 0 Å². The molecule has 0 aliphatic carbocycles.